The number of halogens is 1. The predicted molar refractivity (Wildman–Crippen MR) is 59.7 cm³/mol. The second-order valence-corrected chi connectivity index (χ2v) is 3.39. The standard InChI is InChI=1S/C10H16N2O.ClH/c1-8(2)7-13-10-3-4-12-9(5-10)6-11;/h3-5,8H,6-7,11H2,1-2H3;1H. The zero-order valence-electron chi connectivity index (χ0n) is 8.56. The lowest BCUT2D eigenvalue weighted by Gasteiger charge is -2.08. The Morgan fingerprint density at radius 2 is 2.21 bits per heavy atom. The highest BCUT2D eigenvalue weighted by Crippen LogP contribution is 2.11. The zero-order valence-corrected chi connectivity index (χ0v) is 9.38. The van der Waals surface area contributed by atoms with Gasteiger partial charge < -0.3 is 10.5 Å². The summed E-state index contributed by atoms with van der Waals surface area (Å²) < 4.78 is 5.51. The molecule has 1 heterocycles. The van der Waals surface area contributed by atoms with Crippen LogP contribution >= 0.6 is 12.4 Å². The first kappa shape index (κ1) is 13.2. The SMILES string of the molecule is CC(C)COc1ccnc(CN)c1.Cl. The molecule has 2 N–H and O–H groups in total. The van der Waals surface area contributed by atoms with E-state index in [0.29, 0.717) is 12.5 Å². The fourth-order valence-electron chi connectivity index (χ4n) is 0.920. The van der Waals surface area contributed by atoms with E-state index in [1.165, 1.54) is 0 Å². The van der Waals surface area contributed by atoms with Crippen LogP contribution in [0.25, 0.3) is 0 Å². The number of pyridine rings is 1. The van der Waals surface area contributed by atoms with Gasteiger partial charge in [0.05, 0.1) is 12.3 Å². The third-order valence-electron chi connectivity index (χ3n) is 1.58. The van der Waals surface area contributed by atoms with Gasteiger partial charge in [0.1, 0.15) is 5.75 Å². The first-order chi connectivity index (χ1) is 6.22. The molecule has 3 nitrogen and oxygen atoms in total. The van der Waals surface area contributed by atoms with Crippen molar-refractivity contribution >= 4 is 12.4 Å². The Kier molecular flexibility index (Phi) is 6.25. The van der Waals surface area contributed by atoms with Crippen molar-refractivity contribution in [1.82, 2.24) is 4.98 Å². The summed E-state index contributed by atoms with van der Waals surface area (Å²) in [6, 6.07) is 3.73. The largest absolute Gasteiger partial charge is 0.493 e. The molecule has 0 aromatic carbocycles. The van der Waals surface area contributed by atoms with E-state index >= 15 is 0 Å². The molecule has 0 bridgehead atoms. The summed E-state index contributed by atoms with van der Waals surface area (Å²) in [5, 5.41) is 0. The molecule has 0 unspecified atom stereocenters. The monoisotopic (exact) mass is 216 g/mol. The molecular weight excluding hydrogens is 200 g/mol. The predicted octanol–water partition coefficient (Wildman–Crippen LogP) is 2.00. The van der Waals surface area contributed by atoms with Gasteiger partial charge in [0.25, 0.3) is 0 Å². The fourth-order valence-corrected chi connectivity index (χ4v) is 0.920. The molecule has 0 saturated carbocycles. The van der Waals surface area contributed by atoms with Gasteiger partial charge in [-0.2, -0.15) is 0 Å². The van der Waals surface area contributed by atoms with Gasteiger partial charge in [-0.05, 0) is 12.0 Å². The maximum atomic E-state index is 5.51. The second kappa shape index (κ2) is 6.62. The van der Waals surface area contributed by atoms with Crippen molar-refractivity contribution in [1.29, 1.82) is 0 Å². The van der Waals surface area contributed by atoms with E-state index in [-0.39, 0.29) is 12.4 Å². The summed E-state index contributed by atoms with van der Waals surface area (Å²) >= 11 is 0. The number of rotatable bonds is 4. The van der Waals surface area contributed by atoms with Crippen molar-refractivity contribution in [2.75, 3.05) is 6.61 Å². The van der Waals surface area contributed by atoms with Crippen LogP contribution in [0.15, 0.2) is 18.3 Å². The lowest BCUT2D eigenvalue weighted by molar-refractivity contribution is 0.270. The summed E-state index contributed by atoms with van der Waals surface area (Å²) in [6.07, 6.45) is 1.72. The molecule has 0 aliphatic rings. The van der Waals surface area contributed by atoms with Gasteiger partial charge in [-0.25, -0.2) is 0 Å². The van der Waals surface area contributed by atoms with Crippen LogP contribution in [0.4, 0.5) is 0 Å². The number of nitrogens with zero attached hydrogens (tertiary/aromatic N) is 1. The molecule has 0 atom stereocenters. The molecule has 0 radical (unpaired) electrons. The van der Waals surface area contributed by atoms with Crippen molar-refractivity contribution in [2.45, 2.75) is 20.4 Å². The maximum Gasteiger partial charge on any atom is 0.122 e. The lowest BCUT2D eigenvalue weighted by Crippen LogP contribution is -2.06. The molecule has 0 saturated heterocycles. The van der Waals surface area contributed by atoms with E-state index in [9.17, 15) is 0 Å². The Morgan fingerprint density at radius 3 is 2.79 bits per heavy atom. The minimum atomic E-state index is 0. The summed E-state index contributed by atoms with van der Waals surface area (Å²) in [5.74, 6) is 1.39. The smallest absolute Gasteiger partial charge is 0.122 e. The molecule has 0 spiro atoms. The fraction of sp³-hybridized carbons (Fsp3) is 0.500. The van der Waals surface area contributed by atoms with E-state index in [1.807, 2.05) is 12.1 Å². The molecular formula is C10H17ClN2O. The zero-order chi connectivity index (χ0) is 9.68. The quantitative estimate of drug-likeness (QED) is 0.838. The Morgan fingerprint density at radius 1 is 1.50 bits per heavy atom. The van der Waals surface area contributed by atoms with Crippen LogP contribution in [-0.4, -0.2) is 11.6 Å². The van der Waals surface area contributed by atoms with Gasteiger partial charge in [-0.15, -0.1) is 12.4 Å². The molecule has 0 amide bonds. The first-order valence-electron chi connectivity index (χ1n) is 4.50. The number of hydrogen-bond acceptors (Lipinski definition) is 3. The van der Waals surface area contributed by atoms with Crippen LogP contribution in [-0.2, 0) is 6.54 Å². The third kappa shape index (κ3) is 4.44. The number of nitrogens with two attached hydrogens (primary N) is 1. The van der Waals surface area contributed by atoms with Gasteiger partial charge >= 0.3 is 0 Å². The normalized spacial score (nSPS) is 9.71. The second-order valence-electron chi connectivity index (χ2n) is 3.39. The van der Waals surface area contributed by atoms with Gasteiger partial charge in [0.2, 0.25) is 0 Å². The van der Waals surface area contributed by atoms with Crippen LogP contribution in [0.3, 0.4) is 0 Å². The third-order valence-corrected chi connectivity index (χ3v) is 1.58. The average Bonchev–Trinajstić information content (AvgIpc) is 2.15. The van der Waals surface area contributed by atoms with Crippen LogP contribution in [0.2, 0.25) is 0 Å². The molecule has 0 aliphatic carbocycles. The van der Waals surface area contributed by atoms with Crippen molar-refractivity contribution in [3.8, 4) is 5.75 Å². The number of hydrogen-bond donors (Lipinski definition) is 1. The number of ether oxygens (including phenoxy) is 1. The van der Waals surface area contributed by atoms with Crippen LogP contribution < -0.4 is 10.5 Å². The lowest BCUT2D eigenvalue weighted by atomic mass is 10.2. The van der Waals surface area contributed by atoms with Gasteiger partial charge in [-0.1, -0.05) is 13.8 Å². The molecule has 0 fully saturated rings. The molecule has 80 valence electrons. The van der Waals surface area contributed by atoms with Crippen molar-refractivity contribution in [2.24, 2.45) is 11.7 Å². The maximum absolute atomic E-state index is 5.51. The van der Waals surface area contributed by atoms with Crippen LogP contribution in [0, 0.1) is 5.92 Å². The van der Waals surface area contributed by atoms with E-state index in [2.05, 4.69) is 18.8 Å². The van der Waals surface area contributed by atoms with Crippen LogP contribution in [0.5, 0.6) is 5.75 Å². The molecule has 14 heavy (non-hydrogen) atoms. The summed E-state index contributed by atoms with van der Waals surface area (Å²) in [4.78, 5) is 4.08. The average molecular weight is 217 g/mol. The molecule has 1 aromatic rings. The molecule has 1 rings (SSSR count). The van der Waals surface area contributed by atoms with E-state index in [4.69, 9.17) is 10.5 Å². The molecule has 1 aromatic heterocycles. The summed E-state index contributed by atoms with van der Waals surface area (Å²) in [7, 11) is 0. The molecule has 4 heteroatoms. The van der Waals surface area contributed by atoms with E-state index in [0.717, 1.165) is 18.1 Å². The Hall–Kier alpha value is -0.800. The Labute approximate surface area is 91.1 Å². The minimum absolute atomic E-state index is 0. The van der Waals surface area contributed by atoms with Gasteiger partial charge in [0.15, 0.2) is 0 Å². The summed E-state index contributed by atoms with van der Waals surface area (Å²) in [6.45, 7) is 5.42. The van der Waals surface area contributed by atoms with Crippen molar-refractivity contribution < 1.29 is 4.74 Å². The first-order valence-corrected chi connectivity index (χ1v) is 4.50. The van der Waals surface area contributed by atoms with Gasteiger partial charge in [0, 0.05) is 18.8 Å². The van der Waals surface area contributed by atoms with Gasteiger partial charge in [-0.3, -0.25) is 4.98 Å². The van der Waals surface area contributed by atoms with Crippen LogP contribution in [0.1, 0.15) is 19.5 Å². The van der Waals surface area contributed by atoms with Crippen molar-refractivity contribution in [3.63, 3.8) is 0 Å². The number of aromatic nitrogens is 1. The highest BCUT2D eigenvalue weighted by molar-refractivity contribution is 5.85. The topological polar surface area (TPSA) is 48.1 Å². The van der Waals surface area contributed by atoms with E-state index in [1.54, 1.807) is 6.20 Å². The Balaban J connectivity index is 0.00000169. The highest BCUT2D eigenvalue weighted by atomic mass is 35.5. The molecule has 0 aliphatic heterocycles. The highest BCUT2D eigenvalue weighted by Gasteiger charge is 1.98. The van der Waals surface area contributed by atoms with Crippen molar-refractivity contribution in [3.05, 3.63) is 24.0 Å². The summed E-state index contributed by atoms with van der Waals surface area (Å²) in [5.41, 5.74) is 6.32. The Bertz CT molecular complexity index is 266. The van der Waals surface area contributed by atoms with E-state index < -0.39 is 0 Å². The minimum Gasteiger partial charge on any atom is -0.493 e.